The fraction of sp³-hybridized carbons (Fsp3) is 0.308. The standard InChI is InChI=1S/C13H16N4O2S/c1-4-12-15-16-13(20)17(12)14-8-9-5-6-10(18-2)7-11(9)19-3/h5-8H,4H2,1-3H3,(H,16,20)/b14-8+. The molecule has 106 valence electrons. The third kappa shape index (κ3) is 2.88. The lowest BCUT2D eigenvalue weighted by molar-refractivity contribution is 0.394. The van der Waals surface area contributed by atoms with Crippen molar-refractivity contribution in [3.63, 3.8) is 0 Å². The highest BCUT2D eigenvalue weighted by molar-refractivity contribution is 7.71. The minimum Gasteiger partial charge on any atom is -0.497 e. The Labute approximate surface area is 122 Å². The van der Waals surface area contributed by atoms with E-state index in [1.165, 1.54) is 0 Å². The Balaban J connectivity index is 2.36. The second-order valence-electron chi connectivity index (χ2n) is 3.96. The van der Waals surface area contributed by atoms with Gasteiger partial charge in [0.2, 0.25) is 4.77 Å². The molecule has 0 bridgehead atoms. The van der Waals surface area contributed by atoms with E-state index in [0.29, 0.717) is 10.5 Å². The third-order valence-corrected chi connectivity index (χ3v) is 3.05. The number of nitrogens with one attached hydrogen (secondary N) is 1. The average molecular weight is 292 g/mol. The van der Waals surface area contributed by atoms with Gasteiger partial charge in [-0.25, -0.2) is 0 Å². The molecule has 7 heteroatoms. The molecule has 0 saturated carbocycles. The molecule has 6 nitrogen and oxygen atoms in total. The van der Waals surface area contributed by atoms with Crippen LogP contribution >= 0.6 is 12.2 Å². The van der Waals surface area contributed by atoms with E-state index >= 15 is 0 Å². The zero-order valence-corrected chi connectivity index (χ0v) is 12.4. The fourth-order valence-corrected chi connectivity index (χ4v) is 1.92. The summed E-state index contributed by atoms with van der Waals surface area (Å²) in [6.07, 6.45) is 2.42. The lowest BCUT2D eigenvalue weighted by Gasteiger charge is -2.06. The minimum atomic E-state index is 0.463. The lowest BCUT2D eigenvalue weighted by atomic mass is 10.2. The van der Waals surface area contributed by atoms with E-state index in [1.807, 2.05) is 19.1 Å². The molecule has 20 heavy (non-hydrogen) atoms. The summed E-state index contributed by atoms with van der Waals surface area (Å²) in [5, 5.41) is 11.2. The Hall–Kier alpha value is -2.15. The number of aromatic amines is 1. The summed E-state index contributed by atoms with van der Waals surface area (Å²) in [5.41, 5.74) is 0.832. The number of rotatable bonds is 5. The van der Waals surface area contributed by atoms with Crippen molar-refractivity contribution in [2.75, 3.05) is 14.2 Å². The first kappa shape index (κ1) is 14.3. The fourth-order valence-electron chi connectivity index (χ4n) is 1.72. The Kier molecular flexibility index (Phi) is 4.52. The van der Waals surface area contributed by atoms with Crippen molar-refractivity contribution in [1.82, 2.24) is 14.9 Å². The predicted octanol–water partition coefficient (Wildman–Crippen LogP) is 2.40. The smallest absolute Gasteiger partial charge is 0.216 e. The molecule has 0 amide bonds. The van der Waals surface area contributed by atoms with Crippen LogP contribution < -0.4 is 9.47 Å². The molecule has 0 atom stereocenters. The van der Waals surface area contributed by atoms with Crippen LogP contribution in [0.2, 0.25) is 0 Å². The van der Waals surface area contributed by atoms with Crippen LogP contribution in [0.5, 0.6) is 11.5 Å². The largest absolute Gasteiger partial charge is 0.497 e. The molecule has 0 unspecified atom stereocenters. The molecule has 0 fully saturated rings. The average Bonchev–Trinajstić information content (AvgIpc) is 2.85. The van der Waals surface area contributed by atoms with Crippen LogP contribution in [-0.2, 0) is 6.42 Å². The van der Waals surface area contributed by atoms with Gasteiger partial charge in [-0.15, -0.1) is 0 Å². The molecule has 0 aliphatic heterocycles. The predicted molar refractivity (Wildman–Crippen MR) is 79.3 cm³/mol. The van der Waals surface area contributed by atoms with Gasteiger partial charge in [0.15, 0.2) is 5.82 Å². The molecule has 1 aromatic carbocycles. The summed E-state index contributed by atoms with van der Waals surface area (Å²) in [5.74, 6) is 2.19. The van der Waals surface area contributed by atoms with Crippen molar-refractivity contribution in [3.8, 4) is 11.5 Å². The number of ether oxygens (including phenoxy) is 2. The Morgan fingerprint density at radius 3 is 2.85 bits per heavy atom. The van der Waals surface area contributed by atoms with Crippen molar-refractivity contribution in [2.45, 2.75) is 13.3 Å². The van der Waals surface area contributed by atoms with Crippen LogP contribution in [-0.4, -0.2) is 35.3 Å². The molecule has 0 aliphatic carbocycles. The molecule has 0 spiro atoms. The Morgan fingerprint density at radius 2 is 2.20 bits per heavy atom. The van der Waals surface area contributed by atoms with E-state index in [1.54, 1.807) is 31.2 Å². The number of methoxy groups -OCH3 is 2. The normalized spacial score (nSPS) is 10.9. The van der Waals surface area contributed by atoms with Gasteiger partial charge >= 0.3 is 0 Å². The number of hydrogen-bond acceptors (Lipinski definition) is 5. The van der Waals surface area contributed by atoms with Gasteiger partial charge in [0.05, 0.1) is 20.4 Å². The monoisotopic (exact) mass is 292 g/mol. The molecule has 1 N–H and O–H groups in total. The first-order chi connectivity index (χ1) is 9.69. The maximum Gasteiger partial charge on any atom is 0.216 e. The van der Waals surface area contributed by atoms with E-state index in [4.69, 9.17) is 21.7 Å². The van der Waals surface area contributed by atoms with Gasteiger partial charge in [-0.1, -0.05) is 6.92 Å². The maximum atomic E-state index is 5.31. The highest BCUT2D eigenvalue weighted by Crippen LogP contribution is 2.23. The van der Waals surface area contributed by atoms with Crippen molar-refractivity contribution in [3.05, 3.63) is 34.4 Å². The summed E-state index contributed by atoms with van der Waals surface area (Å²) in [6, 6.07) is 5.52. The highest BCUT2D eigenvalue weighted by Gasteiger charge is 2.04. The molecule has 1 aromatic heterocycles. The Morgan fingerprint density at radius 1 is 1.40 bits per heavy atom. The van der Waals surface area contributed by atoms with E-state index < -0.39 is 0 Å². The van der Waals surface area contributed by atoms with Crippen LogP contribution in [0.4, 0.5) is 0 Å². The zero-order valence-electron chi connectivity index (χ0n) is 11.6. The number of hydrogen-bond donors (Lipinski definition) is 1. The lowest BCUT2D eigenvalue weighted by Crippen LogP contribution is -1.98. The van der Waals surface area contributed by atoms with Crippen molar-refractivity contribution >= 4 is 18.4 Å². The van der Waals surface area contributed by atoms with E-state index in [2.05, 4.69) is 15.3 Å². The number of nitrogens with zero attached hydrogens (tertiary/aromatic N) is 3. The molecule has 0 saturated heterocycles. The minimum absolute atomic E-state index is 0.463. The SMILES string of the molecule is CCc1n[nH]c(=S)n1/N=C/c1ccc(OC)cc1OC. The van der Waals surface area contributed by atoms with Gasteiger partial charge in [0.25, 0.3) is 0 Å². The molecular weight excluding hydrogens is 276 g/mol. The Bertz CT molecular complexity index is 675. The van der Waals surface area contributed by atoms with Gasteiger partial charge in [-0.3, -0.25) is 5.10 Å². The number of aromatic nitrogens is 3. The van der Waals surface area contributed by atoms with Crippen molar-refractivity contribution in [2.24, 2.45) is 5.10 Å². The summed E-state index contributed by atoms with van der Waals surface area (Å²) in [7, 11) is 3.22. The van der Waals surface area contributed by atoms with E-state index in [9.17, 15) is 0 Å². The molecule has 2 aromatic rings. The first-order valence-electron chi connectivity index (χ1n) is 6.12. The van der Waals surface area contributed by atoms with E-state index in [-0.39, 0.29) is 0 Å². The second-order valence-corrected chi connectivity index (χ2v) is 4.35. The van der Waals surface area contributed by atoms with Gasteiger partial charge < -0.3 is 9.47 Å². The molecule has 2 rings (SSSR count). The van der Waals surface area contributed by atoms with Crippen LogP contribution in [0.1, 0.15) is 18.3 Å². The quantitative estimate of drug-likeness (QED) is 0.679. The summed E-state index contributed by atoms with van der Waals surface area (Å²) < 4.78 is 12.5. The van der Waals surface area contributed by atoms with Crippen molar-refractivity contribution < 1.29 is 9.47 Å². The van der Waals surface area contributed by atoms with Crippen LogP contribution in [0.15, 0.2) is 23.3 Å². The van der Waals surface area contributed by atoms with Gasteiger partial charge in [0, 0.05) is 18.1 Å². The van der Waals surface area contributed by atoms with Gasteiger partial charge in [0.1, 0.15) is 11.5 Å². The number of benzene rings is 1. The third-order valence-electron chi connectivity index (χ3n) is 2.79. The molecular formula is C13H16N4O2S. The van der Waals surface area contributed by atoms with Crippen LogP contribution in [0.3, 0.4) is 0 Å². The first-order valence-corrected chi connectivity index (χ1v) is 6.53. The molecule has 1 heterocycles. The summed E-state index contributed by atoms with van der Waals surface area (Å²) in [4.78, 5) is 0. The second kappa shape index (κ2) is 6.33. The summed E-state index contributed by atoms with van der Waals surface area (Å²) >= 11 is 5.14. The number of aryl methyl sites for hydroxylation is 1. The van der Waals surface area contributed by atoms with Crippen molar-refractivity contribution in [1.29, 1.82) is 0 Å². The maximum absolute atomic E-state index is 5.31. The van der Waals surface area contributed by atoms with Gasteiger partial charge in [-0.05, 0) is 24.4 Å². The van der Waals surface area contributed by atoms with E-state index in [0.717, 1.165) is 23.6 Å². The topological polar surface area (TPSA) is 64.4 Å². The van der Waals surface area contributed by atoms with Crippen LogP contribution in [0.25, 0.3) is 0 Å². The molecule has 0 radical (unpaired) electrons. The molecule has 0 aliphatic rings. The highest BCUT2D eigenvalue weighted by atomic mass is 32.1. The zero-order chi connectivity index (χ0) is 14.5. The summed E-state index contributed by atoms with van der Waals surface area (Å²) in [6.45, 7) is 1.99. The number of H-pyrrole nitrogens is 1. The van der Waals surface area contributed by atoms with Crippen LogP contribution in [0, 0.1) is 4.77 Å². The van der Waals surface area contributed by atoms with Gasteiger partial charge in [-0.2, -0.15) is 14.9 Å².